The summed E-state index contributed by atoms with van der Waals surface area (Å²) in [5.74, 6) is 1.63. The summed E-state index contributed by atoms with van der Waals surface area (Å²) in [5.41, 5.74) is 0.810. The first-order valence-corrected chi connectivity index (χ1v) is 10.3. The number of hydrogen-bond donors (Lipinski definition) is 1. The molecule has 1 N–H and O–H groups in total. The van der Waals surface area contributed by atoms with Crippen molar-refractivity contribution in [2.24, 2.45) is 5.92 Å². The van der Waals surface area contributed by atoms with Crippen LogP contribution in [0.1, 0.15) is 61.7 Å². The highest BCUT2D eigenvalue weighted by atomic mass is 16.5. The topological polar surface area (TPSA) is 68.0 Å². The van der Waals surface area contributed by atoms with Crippen molar-refractivity contribution >= 4 is 16.7 Å². The van der Waals surface area contributed by atoms with Crippen LogP contribution in [-0.2, 0) is 10.3 Å². The van der Waals surface area contributed by atoms with Crippen LogP contribution in [0.25, 0.3) is 10.8 Å². The van der Waals surface area contributed by atoms with Gasteiger partial charge >= 0.3 is 0 Å². The summed E-state index contributed by atoms with van der Waals surface area (Å²) in [4.78, 5) is 17.6. The maximum atomic E-state index is 13.2. The Labute approximate surface area is 164 Å². The predicted molar refractivity (Wildman–Crippen MR) is 107 cm³/mol. The molecule has 2 saturated carbocycles. The van der Waals surface area contributed by atoms with Gasteiger partial charge in [-0.3, -0.25) is 4.79 Å². The number of aromatic nitrogens is 2. The second kappa shape index (κ2) is 6.73. The number of carbonyl (C=O) groups excluding carboxylic acids is 1. The zero-order valence-corrected chi connectivity index (χ0v) is 16.1. The van der Waals surface area contributed by atoms with Crippen LogP contribution in [0.2, 0.25) is 0 Å². The molecule has 3 aromatic rings. The lowest BCUT2D eigenvalue weighted by atomic mass is 9.80. The third-order valence-corrected chi connectivity index (χ3v) is 6.38. The molecule has 2 aliphatic carbocycles. The highest BCUT2D eigenvalue weighted by Gasteiger charge is 2.48. The number of aryl methyl sites for hydroxylation is 1. The van der Waals surface area contributed by atoms with E-state index in [2.05, 4.69) is 57.9 Å². The average Bonchev–Trinajstić information content (AvgIpc) is 3.41. The maximum Gasteiger partial charge on any atom is 0.224 e. The van der Waals surface area contributed by atoms with Gasteiger partial charge in [0.1, 0.15) is 5.54 Å². The Balaban J connectivity index is 1.38. The molecule has 0 radical (unpaired) electrons. The molecule has 2 atom stereocenters. The van der Waals surface area contributed by atoms with E-state index < -0.39 is 5.54 Å². The fourth-order valence-electron chi connectivity index (χ4n) is 4.78. The lowest BCUT2D eigenvalue weighted by Gasteiger charge is -2.35. The van der Waals surface area contributed by atoms with Crippen molar-refractivity contribution in [3.05, 3.63) is 59.7 Å². The maximum absolute atomic E-state index is 13.2. The van der Waals surface area contributed by atoms with Gasteiger partial charge in [0, 0.05) is 12.8 Å². The summed E-state index contributed by atoms with van der Waals surface area (Å²) in [6.07, 6.45) is 6.00. The van der Waals surface area contributed by atoms with Gasteiger partial charge in [0.25, 0.3) is 0 Å². The van der Waals surface area contributed by atoms with Crippen LogP contribution in [0.5, 0.6) is 0 Å². The van der Waals surface area contributed by atoms with Gasteiger partial charge in [-0.25, -0.2) is 0 Å². The number of rotatable bonds is 4. The summed E-state index contributed by atoms with van der Waals surface area (Å²) in [6.45, 7) is 1.80. The van der Waals surface area contributed by atoms with Crippen LogP contribution in [0.15, 0.2) is 47.0 Å². The number of fused-ring (bicyclic) bond motifs is 1. The molecule has 2 unspecified atom stereocenters. The minimum absolute atomic E-state index is 0.0256. The van der Waals surface area contributed by atoms with Crippen molar-refractivity contribution in [3.8, 4) is 0 Å². The van der Waals surface area contributed by atoms with E-state index in [4.69, 9.17) is 4.52 Å². The zero-order valence-electron chi connectivity index (χ0n) is 16.1. The van der Waals surface area contributed by atoms with E-state index >= 15 is 0 Å². The number of nitrogens with one attached hydrogen (secondary N) is 1. The van der Waals surface area contributed by atoms with Crippen LogP contribution >= 0.6 is 0 Å². The fraction of sp³-hybridized carbons (Fsp3) is 0.435. The second-order valence-corrected chi connectivity index (χ2v) is 8.29. The zero-order chi connectivity index (χ0) is 19.1. The molecule has 28 heavy (non-hydrogen) atoms. The van der Waals surface area contributed by atoms with Gasteiger partial charge in [0.15, 0.2) is 5.82 Å². The van der Waals surface area contributed by atoms with E-state index in [0.717, 1.165) is 32.1 Å². The van der Waals surface area contributed by atoms with Gasteiger partial charge in [-0.05, 0) is 41.5 Å². The van der Waals surface area contributed by atoms with Crippen molar-refractivity contribution in [1.82, 2.24) is 15.5 Å². The molecule has 0 bridgehead atoms. The Kier molecular flexibility index (Phi) is 4.18. The standard InChI is InChI=1S/C23H25N3O2/c1-15-24-22(26-28-15)23(12-5-2-6-13-23)25-21(27)20-14-19(20)18-11-7-9-16-8-3-4-10-17(16)18/h3-4,7-11,19-20H,2,5-6,12-14H2,1H3,(H,25,27). The largest absolute Gasteiger partial charge is 0.343 e. The van der Waals surface area contributed by atoms with Gasteiger partial charge in [-0.1, -0.05) is 66.9 Å². The van der Waals surface area contributed by atoms with Crippen LogP contribution in [0.4, 0.5) is 0 Å². The molecule has 144 valence electrons. The second-order valence-electron chi connectivity index (χ2n) is 8.29. The molecule has 0 spiro atoms. The first-order chi connectivity index (χ1) is 13.7. The molecule has 0 saturated heterocycles. The van der Waals surface area contributed by atoms with Crippen molar-refractivity contribution in [2.75, 3.05) is 0 Å². The van der Waals surface area contributed by atoms with E-state index in [1.54, 1.807) is 6.92 Å². The average molecular weight is 375 g/mol. The summed E-state index contributed by atoms with van der Waals surface area (Å²) in [5, 5.41) is 10.00. The van der Waals surface area contributed by atoms with Crippen LogP contribution in [0, 0.1) is 12.8 Å². The Morgan fingerprint density at radius 3 is 2.68 bits per heavy atom. The van der Waals surface area contributed by atoms with Gasteiger partial charge in [-0.15, -0.1) is 0 Å². The number of hydrogen-bond acceptors (Lipinski definition) is 4. The lowest BCUT2D eigenvalue weighted by Crippen LogP contribution is -2.48. The molecule has 5 heteroatoms. The third kappa shape index (κ3) is 2.99. The SMILES string of the molecule is Cc1nc(C2(NC(=O)C3CC3c3cccc4ccccc34)CCCCC2)no1. The van der Waals surface area contributed by atoms with Crippen molar-refractivity contribution in [2.45, 2.75) is 56.9 Å². The van der Waals surface area contributed by atoms with E-state index in [0.29, 0.717) is 17.6 Å². The minimum atomic E-state index is -0.473. The van der Waals surface area contributed by atoms with Gasteiger partial charge in [0.05, 0.1) is 0 Å². The molecule has 0 aliphatic heterocycles. The molecule has 1 heterocycles. The summed E-state index contributed by atoms with van der Waals surface area (Å²) >= 11 is 0. The molecule has 2 aromatic carbocycles. The highest BCUT2D eigenvalue weighted by Crippen LogP contribution is 2.50. The molecule has 1 aromatic heterocycles. The van der Waals surface area contributed by atoms with Crippen LogP contribution in [-0.4, -0.2) is 16.0 Å². The fourth-order valence-corrected chi connectivity index (χ4v) is 4.78. The minimum Gasteiger partial charge on any atom is -0.343 e. The number of nitrogens with zero attached hydrogens (tertiary/aromatic N) is 2. The monoisotopic (exact) mass is 375 g/mol. The lowest BCUT2D eigenvalue weighted by molar-refractivity contribution is -0.125. The molecule has 5 nitrogen and oxygen atoms in total. The smallest absolute Gasteiger partial charge is 0.224 e. The normalized spacial score (nSPS) is 23.5. The summed E-state index contributed by atoms with van der Waals surface area (Å²) in [7, 11) is 0. The van der Waals surface area contributed by atoms with Crippen molar-refractivity contribution in [1.29, 1.82) is 0 Å². The molecule has 1 amide bonds. The third-order valence-electron chi connectivity index (χ3n) is 6.38. The van der Waals surface area contributed by atoms with E-state index in [9.17, 15) is 4.79 Å². The molecular formula is C23H25N3O2. The molecular weight excluding hydrogens is 350 g/mol. The first-order valence-electron chi connectivity index (χ1n) is 10.3. The highest BCUT2D eigenvalue weighted by molar-refractivity contribution is 5.89. The first kappa shape index (κ1) is 17.4. The molecule has 2 aliphatic rings. The Morgan fingerprint density at radius 1 is 1.11 bits per heavy atom. The predicted octanol–water partition coefficient (Wildman–Crippen LogP) is 4.61. The molecule has 2 fully saturated rings. The quantitative estimate of drug-likeness (QED) is 0.723. The Hall–Kier alpha value is -2.69. The van der Waals surface area contributed by atoms with E-state index in [-0.39, 0.29) is 11.8 Å². The van der Waals surface area contributed by atoms with E-state index in [1.165, 1.54) is 22.8 Å². The summed E-state index contributed by atoms with van der Waals surface area (Å²) < 4.78 is 5.23. The van der Waals surface area contributed by atoms with Crippen molar-refractivity contribution < 1.29 is 9.32 Å². The summed E-state index contributed by atoms with van der Waals surface area (Å²) in [6, 6.07) is 14.8. The number of carbonyl (C=O) groups is 1. The van der Waals surface area contributed by atoms with Gasteiger partial charge in [-0.2, -0.15) is 4.98 Å². The number of amides is 1. The number of benzene rings is 2. The van der Waals surface area contributed by atoms with Gasteiger partial charge < -0.3 is 9.84 Å². The Bertz CT molecular complexity index is 1010. The Morgan fingerprint density at radius 2 is 1.89 bits per heavy atom. The van der Waals surface area contributed by atoms with E-state index in [1.807, 2.05) is 0 Å². The van der Waals surface area contributed by atoms with Crippen LogP contribution < -0.4 is 5.32 Å². The van der Waals surface area contributed by atoms with Gasteiger partial charge in [0.2, 0.25) is 11.8 Å². The van der Waals surface area contributed by atoms with Crippen molar-refractivity contribution in [3.63, 3.8) is 0 Å². The van der Waals surface area contributed by atoms with Crippen LogP contribution in [0.3, 0.4) is 0 Å². The molecule has 5 rings (SSSR count).